The largest absolute Gasteiger partial charge is 0.444 e. The molecule has 0 spiro atoms. The van der Waals surface area contributed by atoms with Gasteiger partial charge in [-0.2, -0.15) is 9.61 Å². The van der Waals surface area contributed by atoms with E-state index in [-0.39, 0.29) is 17.5 Å². The Balaban J connectivity index is 1.59. The number of rotatable bonds is 10. The van der Waals surface area contributed by atoms with Gasteiger partial charge in [0, 0.05) is 24.3 Å². The minimum atomic E-state index is -0.610. The average Bonchev–Trinajstić information content (AvgIpc) is 3.25. The van der Waals surface area contributed by atoms with E-state index in [9.17, 15) is 14.4 Å². The molecule has 0 radical (unpaired) electrons. The third-order valence-electron chi connectivity index (χ3n) is 8.25. The van der Waals surface area contributed by atoms with Crippen LogP contribution in [0.1, 0.15) is 85.4 Å². The van der Waals surface area contributed by atoms with Crippen LogP contribution in [0.15, 0.2) is 65.5 Å². The Hall–Kier alpha value is -4.11. The van der Waals surface area contributed by atoms with Crippen molar-refractivity contribution >= 4 is 29.1 Å². The summed E-state index contributed by atoms with van der Waals surface area (Å²) >= 11 is 6.70. The van der Waals surface area contributed by atoms with Crippen LogP contribution in [0.2, 0.25) is 5.02 Å². The lowest BCUT2D eigenvalue weighted by atomic mass is 9.77. The fourth-order valence-electron chi connectivity index (χ4n) is 5.80. The standard InChI is InChI=1S/C35H42ClN5O4/c1-23-15-17-27(18-16-23)32(42)39(20-10-19-37-33(43)45-35(3,4)5)31(26-13-9-14-26)29-21-28-30(36)24(2)38-41(28)34(44)40(29)22-25-11-7-6-8-12-25/h6-8,11-12,15-18,21,26,31H,9-10,13-14,19-20,22H2,1-5H3,(H,37,43). The molecule has 1 aliphatic rings. The molecule has 10 heteroatoms. The monoisotopic (exact) mass is 631 g/mol. The number of alkyl carbamates (subject to hydrolysis) is 1. The predicted molar refractivity (Wildman–Crippen MR) is 176 cm³/mol. The van der Waals surface area contributed by atoms with Crippen molar-refractivity contribution < 1.29 is 14.3 Å². The van der Waals surface area contributed by atoms with Crippen molar-refractivity contribution in [1.29, 1.82) is 0 Å². The van der Waals surface area contributed by atoms with Crippen LogP contribution in [-0.4, -0.2) is 49.8 Å². The molecule has 0 saturated heterocycles. The highest BCUT2D eigenvalue weighted by Crippen LogP contribution is 2.42. The number of aromatic nitrogens is 3. The SMILES string of the molecule is Cc1ccc(C(=O)N(CCCNC(=O)OC(C)(C)C)C(c2cc3c(Cl)c(C)nn3c(=O)n2Cc2ccccc2)C2CCC2)cc1. The third kappa shape index (κ3) is 7.41. The topological polar surface area (TPSA) is 97.9 Å². The second-order valence-electron chi connectivity index (χ2n) is 12.9. The fraction of sp³-hybridized carbons (Fsp3) is 0.429. The maximum atomic E-state index is 14.4. The first kappa shape index (κ1) is 32.3. The summed E-state index contributed by atoms with van der Waals surface area (Å²) in [5.41, 5.74) is 3.49. The summed E-state index contributed by atoms with van der Waals surface area (Å²) in [7, 11) is 0. The molecule has 2 heterocycles. The first-order valence-electron chi connectivity index (χ1n) is 15.6. The van der Waals surface area contributed by atoms with Gasteiger partial charge in [0.1, 0.15) is 5.60 Å². The van der Waals surface area contributed by atoms with Crippen molar-refractivity contribution in [1.82, 2.24) is 24.4 Å². The highest BCUT2D eigenvalue weighted by Gasteiger charge is 2.38. The van der Waals surface area contributed by atoms with Crippen LogP contribution >= 0.6 is 11.6 Å². The number of aryl methyl sites for hydroxylation is 2. The molecule has 0 bridgehead atoms. The summed E-state index contributed by atoms with van der Waals surface area (Å²) in [5.74, 6) is 0.0171. The Kier molecular flexibility index (Phi) is 9.68. The van der Waals surface area contributed by atoms with Gasteiger partial charge in [-0.05, 0) is 83.6 Å². The zero-order valence-corrected chi connectivity index (χ0v) is 27.4. The first-order chi connectivity index (χ1) is 21.4. The second kappa shape index (κ2) is 13.5. The van der Waals surface area contributed by atoms with Gasteiger partial charge in [0.05, 0.1) is 28.8 Å². The molecule has 1 unspecified atom stereocenters. The summed E-state index contributed by atoms with van der Waals surface area (Å²) in [5, 5.41) is 7.69. The van der Waals surface area contributed by atoms with Crippen LogP contribution in [0.3, 0.4) is 0 Å². The molecule has 1 N–H and O–H groups in total. The summed E-state index contributed by atoms with van der Waals surface area (Å²) in [4.78, 5) is 42.8. The van der Waals surface area contributed by atoms with Crippen LogP contribution in [0, 0.1) is 19.8 Å². The Morgan fingerprint density at radius 2 is 1.78 bits per heavy atom. The van der Waals surface area contributed by atoms with E-state index in [1.54, 1.807) is 11.5 Å². The molecule has 5 rings (SSSR count). The highest BCUT2D eigenvalue weighted by atomic mass is 35.5. The second-order valence-corrected chi connectivity index (χ2v) is 13.3. The lowest BCUT2D eigenvalue weighted by Crippen LogP contribution is -2.45. The molecule has 4 aromatic rings. The summed E-state index contributed by atoms with van der Waals surface area (Å²) in [6, 6.07) is 18.9. The van der Waals surface area contributed by atoms with Gasteiger partial charge in [0.2, 0.25) is 0 Å². The minimum absolute atomic E-state index is 0.126. The van der Waals surface area contributed by atoms with E-state index >= 15 is 0 Å². The van der Waals surface area contributed by atoms with Gasteiger partial charge < -0.3 is 15.0 Å². The number of benzene rings is 2. The first-order valence-corrected chi connectivity index (χ1v) is 16.0. The smallest absolute Gasteiger partial charge is 0.407 e. The molecule has 1 atom stereocenters. The number of carbonyl (C=O) groups excluding carboxylic acids is 2. The Morgan fingerprint density at radius 1 is 1.09 bits per heavy atom. The van der Waals surface area contributed by atoms with Crippen molar-refractivity contribution in [3.8, 4) is 0 Å². The molecule has 1 aliphatic carbocycles. The summed E-state index contributed by atoms with van der Waals surface area (Å²) in [6.07, 6.45) is 2.90. The molecule has 2 aromatic carbocycles. The van der Waals surface area contributed by atoms with Crippen LogP contribution in [0.25, 0.3) is 5.52 Å². The summed E-state index contributed by atoms with van der Waals surface area (Å²) in [6.45, 7) is 10.2. The lowest BCUT2D eigenvalue weighted by molar-refractivity contribution is 0.0476. The maximum absolute atomic E-state index is 14.4. The van der Waals surface area contributed by atoms with Crippen LogP contribution in [0.4, 0.5) is 4.79 Å². The highest BCUT2D eigenvalue weighted by molar-refractivity contribution is 6.34. The Bertz CT molecular complexity index is 1720. The molecule has 1 fully saturated rings. The molecule has 238 valence electrons. The Labute approximate surface area is 269 Å². The van der Waals surface area contributed by atoms with Crippen molar-refractivity contribution in [2.45, 2.75) is 78.5 Å². The number of amides is 2. The molecule has 0 aliphatic heterocycles. The van der Waals surface area contributed by atoms with Crippen molar-refractivity contribution in [2.75, 3.05) is 13.1 Å². The van der Waals surface area contributed by atoms with Gasteiger partial charge in [0.15, 0.2) is 0 Å². The third-order valence-corrected chi connectivity index (χ3v) is 8.72. The zero-order valence-electron chi connectivity index (χ0n) is 26.7. The van der Waals surface area contributed by atoms with Crippen molar-refractivity contribution in [3.05, 3.63) is 104 Å². The number of carbonyl (C=O) groups is 2. The van der Waals surface area contributed by atoms with Crippen LogP contribution < -0.4 is 11.0 Å². The molecule has 1 saturated carbocycles. The van der Waals surface area contributed by atoms with Crippen molar-refractivity contribution in [2.24, 2.45) is 5.92 Å². The molecule has 2 amide bonds. The number of hydrogen-bond donors (Lipinski definition) is 1. The lowest BCUT2D eigenvalue weighted by Gasteiger charge is -2.42. The summed E-state index contributed by atoms with van der Waals surface area (Å²) < 4.78 is 8.50. The van der Waals surface area contributed by atoms with Crippen LogP contribution in [0.5, 0.6) is 0 Å². The van der Waals surface area contributed by atoms with E-state index in [2.05, 4.69) is 10.4 Å². The predicted octanol–water partition coefficient (Wildman–Crippen LogP) is 6.71. The molecule has 9 nitrogen and oxygen atoms in total. The van der Waals surface area contributed by atoms with Gasteiger partial charge in [-0.15, -0.1) is 0 Å². The van der Waals surface area contributed by atoms with Crippen LogP contribution in [-0.2, 0) is 11.3 Å². The van der Waals surface area contributed by atoms with Gasteiger partial charge >= 0.3 is 11.8 Å². The normalized spacial score (nSPS) is 14.2. The van der Waals surface area contributed by atoms with Gasteiger partial charge in [-0.1, -0.05) is 66.0 Å². The Morgan fingerprint density at radius 3 is 2.40 bits per heavy atom. The van der Waals surface area contributed by atoms with E-state index in [4.69, 9.17) is 16.3 Å². The number of nitrogens with one attached hydrogen (secondary N) is 1. The quantitative estimate of drug-likeness (QED) is 0.196. The van der Waals surface area contributed by atoms with E-state index in [0.29, 0.717) is 47.9 Å². The van der Waals surface area contributed by atoms with Gasteiger partial charge in [-0.3, -0.25) is 9.36 Å². The number of fused-ring (bicyclic) bond motifs is 1. The average molecular weight is 632 g/mol. The number of nitrogens with zero attached hydrogens (tertiary/aromatic N) is 4. The molecule has 2 aromatic heterocycles. The van der Waals surface area contributed by atoms with E-state index < -0.39 is 17.7 Å². The van der Waals surface area contributed by atoms with Crippen molar-refractivity contribution in [3.63, 3.8) is 0 Å². The van der Waals surface area contributed by atoms with Gasteiger partial charge in [-0.25, -0.2) is 9.59 Å². The number of halogens is 1. The van der Waals surface area contributed by atoms with Gasteiger partial charge in [0.25, 0.3) is 5.91 Å². The number of ether oxygens (including phenoxy) is 1. The van der Waals surface area contributed by atoms with E-state index in [1.807, 2.05) is 93.3 Å². The van der Waals surface area contributed by atoms with E-state index in [1.165, 1.54) is 4.52 Å². The zero-order chi connectivity index (χ0) is 32.3. The molecular weight excluding hydrogens is 590 g/mol. The molecule has 45 heavy (non-hydrogen) atoms. The number of hydrogen-bond acceptors (Lipinski definition) is 5. The minimum Gasteiger partial charge on any atom is -0.444 e. The fourth-order valence-corrected chi connectivity index (χ4v) is 5.98. The van der Waals surface area contributed by atoms with E-state index in [0.717, 1.165) is 36.1 Å². The molecular formula is C35H42ClN5O4. The maximum Gasteiger partial charge on any atom is 0.407 e.